The van der Waals surface area contributed by atoms with Crippen molar-refractivity contribution in [1.82, 2.24) is 4.57 Å². The van der Waals surface area contributed by atoms with Crippen LogP contribution in [0.3, 0.4) is 0 Å². The van der Waals surface area contributed by atoms with Gasteiger partial charge in [0.05, 0.1) is 4.92 Å². The van der Waals surface area contributed by atoms with Crippen molar-refractivity contribution in [3.05, 3.63) is 38.3 Å². The van der Waals surface area contributed by atoms with E-state index in [1.165, 1.54) is 17.7 Å². The SMILES string of the molecule is Cc1cc([N+](=O)[O-])c(=O)n(C)c1. The predicted molar refractivity (Wildman–Crippen MR) is 43.1 cm³/mol. The highest BCUT2D eigenvalue weighted by molar-refractivity contribution is 5.29. The van der Waals surface area contributed by atoms with E-state index >= 15 is 0 Å². The lowest BCUT2D eigenvalue weighted by Crippen LogP contribution is -2.19. The Kier molecular flexibility index (Phi) is 1.95. The topological polar surface area (TPSA) is 65.1 Å². The second-order valence-electron chi connectivity index (χ2n) is 2.58. The first-order valence-electron chi connectivity index (χ1n) is 3.34. The molecule has 0 aliphatic carbocycles. The number of rotatable bonds is 1. The largest absolute Gasteiger partial charge is 0.334 e. The van der Waals surface area contributed by atoms with Crippen molar-refractivity contribution >= 4 is 5.69 Å². The fraction of sp³-hybridized carbons (Fsp3) is 0.286. The number of hydrogen-bond donors (Lipinski definition) is 0. The maximum atomic E-state index is 11.1. The van der Waals surface area contributed by atoms with E-state index in [-0.39, 0.29) is 5.69 Å². The van der Waals surface area contributed by atoms with Gasteiger partial charge >= 0.3 is 11.2 Å². The maximum Gasteiger partial charge on any atom is 0.334 e. The van der Waals surface area contributed by atoms with Crippen LogP contribution in [0.25, 0.3) is 0 Å². The van der Waals surface area contributed by atoms with Crippen LogP contribution in [0, 0.1) is 17.0 Å². The quantitative estimate of drug-likeness (QED) is 0.455. The number of aryl methyl sites for hydroxylation is 2. The zero-order chi connectivity index (χ0) is 9.30. The summed E-state index contributed by atoms with van der Waals surface area (Å²) in [5, 5.41) is 10.3. The molecule has 0 spiro atoms. The Bertz CT molecular complexity index is 381. The third-order valence-electron chi connectivity index (χ3n) is 1.50. The van der Waals surface area contributed by atoms with Crippen LogP contribution >= 0.6 is 0 Å². The standard InChI is InChI=1S/C7H8N2O3/c1-5-3-6(9(11)12)7(10)8(2)4-5/h3-4H,1-2H3. The smallest absolute Gasteiger partial charge is 0.312 e. The van der Waals surface area contributed by atoms with Gasteiger partial charge in [-0.3, -0.25) is 14.9 Å². The van der Waals surface area contributed by atoms with Gasteiger partial charge in [-0.2, -0.15) is 0 Å². The van der Waals surface area contributed by atoms with Gasteiger partial charge in [-0.1, -0.05) is 0 Å². The molecule has 0 fully saturated rings. The zero-order valence-electron chi connectivity index (χ0n) is 6.77. The van der Waals surface area contributed by atoms with Crippen molar-refractivity contribution in [2.24, 2.45) is 7.05 Å². The van der Waals surface area contributed by atoms with Crippen LogP contribution in [-0.4, -0.2) is 9.49 Å². The summed E-state index contributed by atoms with van der Waals surface area (Å²) in [5.74, 6) is 0. The van der Waals surface area contributed by atoms with Gasteiger partial charge in [0, 0.05) is 19.3 Å². The summed E-state index contributed by atoms with van der Waals surface area (Å²) in [6.07, 6.45) is 1.55. The summed E-state index contributed by atoms with van der Waals surface area (Å²) in [6.45, 7) is 1.70. The van der Waals surface area contributed by atoms with E-state index < -0.39 is 10.5 Å². The Morgan fingerprint density at radius 1 is 1.58 bits per heavy atom. The number of pyridine rings is 1. The highest BCUT2D eigenvalue weighted by Gasteiger charge is 2.12. The summed E-state index contributed by atoms with van der Waals surface area (Å²) >= 11 is 0. The molecule has 12 heavy (non-hydrogen) atoms. The van der Waals surface area contributed by atoms with Crippen LogP contribution in [0.5, 0.6) is 0 Å². The lowest BCUT2D eigenvalue weighted by atomic mass is 10.3. The minimum atomic E-state index is -0.671. The summed E-state index contributed by atoms with van der Waals surface area (Å²) in [7, 11) is 1.49. The average Bonchev–Trinajstić information content (AvgIpc) is 1.96. The highest BCUT2D eigenvalue weighted by Crippen LogP contribution is 2.05. The zero-order valence-corrected chi connectivity index (χ0v) is 6.77. The molecule has 1 aromatic heterocycles. The van der Waals surface area contributed by atoms with Gasteiger partial charge in [0.15, 0.2) is 0 Å². The molecule has 5 heteroatoms. The number of nitro groups is 1. The normalized spacial score (nSPS) is 9.83. The Morgan fingerprint density at radius 2 is 2.17 bits per heavy atom. The predicted octanol–water partition coefficient (Wildman–Crippen LogP) is 0.602. The van der Waals surface area contributed by atoms with E-state index in [1.54, 1.807) is 13.1 Å². The second kappa shape index (κ2) is 2.77. The molecule has 1 heterocycles. The lowest BCUT2D eigenvalue weighted by molar-refractivity contribution is -0.386. The molecular formula is C7H8N2O3. The molecule has 0 bridgehead atoms. The molecule has 1 aromatic rings. The van der Waals surface area contributed by atoms with E-state index in [0.717, 1.165) is 0 Å². The van der Waals surface area contributed by atoms with E-state index in [1.807, 2.05) is 0 Å². The third kappa shape index (κ3) is 1.34. The highest BCUT2D eigenvalue weighted by atomic mass is 16.6. The van der Waals surface area contributed by atoms with Crippen molar-refractivity contribution < 1.29 is 4.92 Å². The molecular weight excluding hydrogens is 160 g/mol. The number of nitrogens with zero attached hydrogens (tertiary/aromatic N) is 2. The van der Waals surface area contributed by atoms with Gasteiger partial charge < -0.3 is 4.57 Å². The van der Waals surface area contributed by atoms with Crippen molar-refractivity contribution in [3.63, 3.8) is 0 Å². The molecule has 0 radical (unpaired) electrons. The van der Waals surface area contributed by atoms with Crippen LogP contribution in [0.15, 0.2) is 17.1 Å². The molecule has 0 saturated carbocycles. The van der Waals surface area contributed by atoms with Crippen LogP contribution in [0.4, 0.5) is 5.69 Å². The molecule has 0 unspecified atom stereocenters. The minimum Gasteiger partial charge on any atom is -0.312 e. The van der Waals surface area contributed by atoms with Crippen LogP contribution < -0.4 is 5.56 Å². The molecule has 0 N–H and O–H groups in total. The molecule has 0 aromatic carbocycles. The summed E-state index contributed by atoms with van der Waals surface area (Å²) < 4.78 is 1.20. The third-order valence-corrected chi connectivity index (χ3v) is 1.50. The van der Waals surface area contributed by atoms with Crippen LogP contribution in [-0.2, 0) is 7.05 Å². The van der Waals surface area contributed by atoms with Gasteiger partial charge in [0.2, 0.25) is 0 Å². The second-order valence-corrected chi connectivity index (χ2v) is 2.58. The monoisotopic (exact) mass is 168 g/mol. The van der Waals surface area contributed by atoms with Crippen LogP contribution in [0.1, 0.15) is 5.56 Å². The fourth-order valence-electron chi connectivity index (χ4n) is 0.990. The van der Waals surface area contributed by atoms with Gasteiger partial charge in [-0.05, 0) is 12.5 Å². The summed E-state index contributed by atoms with van der Waals surface area (Å²) in [6, 6.07) is 1.27. The Balaban J connectivity index is 3.49. The minimum absolute atomic E-state index is 0.377. The van der Waals surface area contributed by atoms with E-state index in [4.69, 9.17) is 0 Å². The number of aromatic nitrogens is 1. The summed E-state index contributed by atoms with van der Waals surface area (Å²) in [4.78, 5) is 20.7. The van der Waals surface area contributed by atoms with Crippen LogP contribution in [0.2, 0.25) is 0 Å². The van der Waals surface area contributed by atoms with Crippen molar-refractivity contribution in [2.75, 3.05) is 0 Å². The van der Waals surface area contributed by atoms with Gasteiger partial charge in [-0.15, -0.1) is 0 Å². The molecule has 0 aliphatic rings. The Labute approximate surface area is 68.4 Å². The van der Waals surface area contributed by atoms with E-state index in [9.17, 15) is 14.9 Å². The van der Waals surface area contributed by atoms with Gasteiger partial charge in [-0.25, -0.2) is 0 Å². The van der Waals surface area contributed by atoms with E-state index in [0.29, 0.717) is 5.56 Å². The Hall–Kier alpha value is -1.65. The molecule has 0 saturated heterocycles. The molecule has 0 atom stereocenters. The lowest BCUT2D eigenvalue weighted by Gasteiger charge is -1.98. The number of hydrogen-bond acceptors (Lipinski definition) is 3. The van der Waals surface area contributed by atoms with Gasteiger partial charge in [0.1, 0.15) is 0 Å². The molecule has 5 nitrogen and oxygen atoms in total. The Morgan fingerprint density at radius 3 is 2.67 bits per heavy atom. The molecule has 0 aliphatic heterocycles. The average molecular weight is 168 g/mol. The molecule has 64 valence electrons. The first-order chi connectivity index (χ1) is 5.52. The van der Waals surface area contributed by atoms with Crippen molar-refractivity contribution in [1.29, 1.82) is 0 Å². The fourth-order valence-corrected chi connectivity index (χ4v) is 0.990. The maximum absolute atomic E-state index is 11.1. The first kappa shape index (κ1) is 8.45. The summed E-state index contributed by atoms with van der Waals surface area (Å²) in [5.41, 5.74) is -0.258. The first-order valence-corrected chi connectivity index (χ1v) is 3.34. The molecule has 1 rings (SSSR count). The van der Waals surface area contributed by atoms with E-state index in [2.05, 4.69) is 0 Å². The van der Waals surface area contributed by atoms with Crippen molar-refractivity contribution in [2.45, 2.75) is 6.92 Å². The van der Waals surface area contributed by atoms with Gasteiger partial charge in [0.25, 0.3) is 0 Å². The van der Waals surface area contributed by atoms with Crippen molar-refractivity contribution in [3.8, 4) is 0 Å². The molecule has 0 amide bonds.